The fraction of sp³-hybridized carbons (Fsp3) is 0.667. The Hall–Kier alpha value is -1.20. The summed E-state index contributed by atoms with van der Waals surface area (Å²) in [7, 11) is 2.18. The van der Waals surface area contributed by atoms with E-state index < -0.39 is 0 Å². The maximum Gasteiger partial charge on any atom is 0.157 e. The van der Waals surface area contributed by atoms with Crippen molar-refractivity contribution >= 4 is 6.21 Å². The van der Waals surface area contributed by atoms with E-state index in [1.807, 2.05) is 0 Å². The van der Waals surface area contributed by atoms with Gasteiger partial charge in [-0.2, -0.15) is 0 Å². The molecule has 0 aromatic carbocycles. The van der Waals surface area contributed by atoms with Gasteiger partial charge in [-0.25, -0.2) is 4.39 Å². The number of hydrogen-bond acceptors (Lipinski definition) is 4. The molecule has 0 bridgehead atoms. The monoisotopic (exact) mass is 280 g/mol. The molecule has 20 heavy (non-hydrogen) atoms. The number of piperazine rings is 1. The number of piperidine rings is 1. The van der Waals surface area contributed by atoms with Crippen molar-refractivity contribution in [2.75, 3.05) is 46.3 Å². The Labute approximate surface area is 121 Å². The van der Waals surface area contributed by atoms with Crippen LogP contribution >= 0.6 is 0 Å². The van der Waals surface area contributed by atoms with E-state index in [1.54, 1.807) is 6.20 Å². The highest BCUT2D eigenvalue weighted by atomic mass is 19.1. The zero-order valence-corrected chi connectivity index (χ0v) is 12.3. The standard InChI is InChI=1S/C15H25FN4/c1-3-17-12-14(16)13-19-6-4-15(5-7-19)20-10-8-18(2)9-11-20/h3,12-13,15H,1,4-11H2,2H3/b14-13+,17-12?. The largest absolute Gasteiger partial charge is 0.375 e. The summed E-state index contributed by atoms with van der Waals surface area (Å²) in [5.41, 5.74) is 0. The van der Waals surface area contributed by atoms with Crippen LogP contribution < -0.4 is 0 Å². The first-order valence-electron chi connectivity index (χ1n) is 7.37. The minimum absolute atomic E-state index is 0.303. The zero-order valence-electron chi connectivity index (χ0n) is 12.3. The topological polar surface area (TPSA) is 22.1 Å². The molecule has 0 spiro atoms. The lowest BCUT2D eigenvalue weighted by Crippen LogP contribution is -2.51. The predicted octanol–water partition coefficient (Wildman–Crippen LogP) is 1.72. The summed E-state index contributed by atoms with van der Waals surface area (Å²) in [6, 6.07) is 0.665. The number of rotatable bonds is 4. The fourth-order valence-electron chi connectivity index (χ4n) is 2.90. The lowest BCUT2D eigenvalue weighted by molar-refractivity contribution is 0.0779. The highest BCUT2D eigenvalue weighted by Crippen LogP contribution is 2.18. The molecule has 2 aliphatic rings. The number of allylic oxidation sites excluding steroid dienone is 1. The smallest absolute Gasteiger partial charge is 0.157 e. The van der Waals surface area contributed by atoms with E-state index in [0.717, 1.165) is 52.1 Å². The Morgan fingerprint density at radius 2 is 1.80 bits per heavy atom. The quantitative estimate of drug-likeness (QED) is 0.732. The second kappa shape index (κ2) is 7.55. The second-order valence-electron chi connectivity index (χ2n) is 5.58. The first kappa shape index (κ1) is 15.2. The molecule has 0 aromatic rings. The van der Waals surface area contributed by atoms with Gasteiger partial charge in [0.2, 0.25) is 0 Å². The molecule has 0 unspecified atom stereocenters. The zero-order chi connectivity index (χ0) is 14.4. The Morgan fingerprint density at radius 3 is 2.40 bits per heavy atom. The van der Waals surface area contributed by atoms with E-state index >= 15 is 0 Å². The van der Waals surface area contributed by atoms with Crippen molar-refractivity contribution in [3.05, 3.63) is 24.8 Å². The van der Waals surface area contributed by atoms with Crippen molar-refractivity contribution in [2.45, 2.75) is 18.9 Å². The first-order chi connectivity index (χ1) is 9.69. The van der Waals surface area contributed by atoms with Crippen LogP contribution in [0.5, 0.6) is 0 Å². The molecular weight excluding hydrogens is 255 g/mol. The van der Waals surface area contributed by atoms with Crippen molar-refractivity contribution in [3.63, 3.8) is 0 Å². The number of hydrogen-bond donors (Lipinski definition) is 0. The maximum absolute atomic E-state index is 13.5. The van der Waals surface area contributed by atoms with Gasteiger partial charge in [-0.1, -0.05) is 6.58 Å². The summed E-state index contributed by atoms with van der Waals surface area (Å²) in [5, 5.41) is 0. The van der Waals surface area contributed by atoms with Crippen LogP contribution in [0.4, 0.5) is 4.39 Å². The van der Waals surface area contributed by atoms with Gasteiger partial charge in [0.25, 0.3) is 0 Å². The molecule has 0 amide bonds. The molecule has 0 radical (unpaired) electrons. The van der Waals surface area contributed by atoms with Crippen LogP contribution in [0.1, 0.15) is 12.8 Å². The molecule has 2 aliphatic heterocycles. The van der Waals surface area contributed by atoms with E-state index in [-0.39, 0.29) is 5.83 Å². The van der Waals surface area contributed by atoms with Gasteiger partial charge < -0.3 is 9.80 Å². The van der Waals surface area contributed by atoms with Gasteiger partial charge >= 0.3 is 0 Å². The molecule has 0 saturated carbocycles. The molecule has 0 aliphatic carbocycles. The van der Waals surface area contributed by atoms with Crippen LogP contribution in [0.2, 0.25) is 0 Å². The lowest BCUT2D eigenvalue weighted by atomic mass is 10.0. The Balaban J connectivity index is 1.77. The van der Waals surface area contributed by atoms with Gasteiger partial charge in [0.05, 0.1) is 6.21 Å². The van der Waals surface area contributed by atoms with Crippen LogP contribution in [0.15, 0.2) is 29.8 Å². The minimum atomic E-state index is -0.303. The number of aliphatic imine (C=N–C) groups is 1. The third-order valence-electron chi connectivity index (χ3n) is 4.16. The summed E-state index contributed by atoms with van der Waals surface area (Å²) in [4.78, 5) is 10.7. The van der Waals surface area contributed by atoms with Crippen LogP contribution in [-0.4, -0.2) is 73.3 Å². The van der Waals surface area contributed by atoms with Crippen LogP contribution in [-0.2, 0) is 0 Å². The third kappa shape index (κ3) is 4.42. The highest BCUT2D eigenvalue weighted by Gasteiger charge is 2.25. The van der Waals surface area contributed by atoms with Crippen molar-refractivity contribution in [1.82, 2.24) is 14.7 Å². The summed E-state index contributed by atoms with van der Waals surface area (Å²) in [5.74, 6) is -0.303. The average molecular weight is 280 g/mol. The lowest BCUT2D eigenvalue weighted by Gasteiger charge is -2.41. The van der Waals surface area contributed by atoms with Crippen molar-refractivity contribution in [2.24, 2.45) is 4.99 Å². The molecule has 2 heterocycles. The van der Waals surface area contributed by atoms with Gasteiger partial charge in [0.1, 0.15) is 0 Å². The Kier molecular flexibility index (Phi) is 5.73. The molecule has 0 atom stereocenters. The number of nitrogens with zero attached hydrogens (tertiary/aromatic N) is 4. The number of likely N-dealkylation sites (N-methyl/N-ethyl adjacent to an activating group) is 1. The summed E-state index contributed by atoms with van der Waals surface area (Å²) < 4.78 is 13.5. The average Bonchev–Trinajstić information content (AvgIpc) is 2.47. The predicted molar refractivity (Wildman–Crippen MR) is 81.5 cm³/mol. The van der Waals surface area contributed by atoms with Crippen LogP contribution in [0, 0.1) is 0 Å². The van der Waals surface area contributed by atoms with Gasteiger partial charge in [-0.15, -0.1) is 0 Å². The van der Waals surface area contributed by atoms with E-state index in [1.165, 1.54) is 12.4 Å². The highest BCUT2D eigenvalue weighted by molar-refractivity contribution is 5.75. The fourth-order valence-corrected chi connectivity index (χ4v) is 2.90. The molecule has 5 heteroatoms. The van der Waals surface area contributed by atoms with Gasteiger partial charge in [-0.05, 0) is 19.9 Å². The molecule has 2 saturated heterocycles. The summed E-state index contributed by atoms with van der Waals surface area (Å²) in [6.07, 6.45) is 6.35. The SMILES string of the molecule is C=CN=C/C(F)=C\N1CCC(N2CCN(C)CC2)CC1. The normalized spacial score (nSPS) is 24.5. The minimum Gasteiger partial charge on any atom is -0.375 e. The van der Waals surface area contributed by atoms with Gasteiger partial charge in [0.15, 0.2) is 5.83 Å². The van der Waals surface area contributed by atoms with E-state index in [4.69, 9.17) is 0 Å². The summed E-state index contributed by atoms with van der Waals surface area (Å²) >= 11 is 0. The number of likely N-dealkylation sites (tertiary alicyclic amines) is 1. The molecule has 4 nitrogen and oxygen atoms in total. The van der Waals surface area contributed by atoms with Gasteiger partial charge in [0, 0.05) is 57.7 Å². The van der Waals surface area contributed by atoms with Crippen molar-refractivity contribution in [1.29, 1.82) is 0 Å². The van der Waals surface area contributed by atoms with Crippen LogP contribution in [0.3, 0.4) is 0 Å². The van der Waals surface area contributed by atoms with Gasteiger partial charge in [-0.3, -0.25) is 9.89 Å². The third-order valence-corrected chi connectivity index (χ3v) is 4.16. The van der Waals surface area contributed by atoms with E-state index in [2.05, 4.69) is 33.3 Å². The Morgan fingerprint density at radius 1 is 1.15 bits per heavy atom. The first-order valence-corrected chi connectivity index (χ1v) is 7.37. The molecule has 2 rings (SSSR count). The van der Waals surface area contributed by atoms with Crippen molar-refractivity contribution < 1.29 is 4.39 Å². The number of halogens is 1. The molecule has 0 N–H and O–H groups in total. The summed E-state index contributed by atoms with van der Waals surface area (Å²) in [6.45, 7) is 9.93. The van der Waals surface area contributed by atoms with Crippen molar-refractivity contribution in [3.8, 4) is 0 Å². The van der Waals surface area contributed by atoms with Crippen LogP contribution in [0.25, 0.3) is 0 Å². The molecule has 0 aromatic heterocycles. The molecular formula is C15H25FN4. The molecule has 112 valence electrons. The van der Waals surface area contributed by atoms with E-state index in [9.17, 15) is 4.39 Å². The Bertz CT molecular complexity index is 364. The maximum atomic E-state index is 13.5. The molecule has 2 fully saturated rings. The second-order valence-corrected chi connectivity index (χ2v) is 5.58. The van der Waals surface area contributed by atoms with E-state index in [0.29, 0.717) is 6.04 Å².